The number of fused-ring (bicyclic) bond motifs is 2. The van der Waals surface area contributed by atoms with Crippen LogP contribution in [0.25, 0.3) is 0 Å². The van der Waals surface area contributed by atoms with Gasteiger partial charge in [-0.1, -0.05) is 36.0 Å². The fourth-order valence-electron chi connectivity index (χ4n) is 1.77. The molecule has 16 heavy (non-hydrogen) atoms. The summed E-state index contributed by atoms with van der Waals surface area (Å²) in [5.74, 6) is 0. The molecule has 0 fully saturated rings. The Hall–Kier alpha value is -1.74. The molecule has 2 nitrogen and oxygen atoms in total. The van der Waals surface area contributed by atoms with Crippen LogP contribution in [-0.4, -0.2) is 6.41 Å². The van der Waals surface area contributed by atoms with Crippen molar-refractivity contribution in [1.29, 1.82) is 0 Å². The zero-order chi connectivity index (χ0) is 11.0. The number of hydrogen-bond donors (Lipinski definition) is 0. The van der Waals surface area contributed by atoms with Crippen LogP contribution in [0.1, 0.15) is 0 Å². The molecule has 0 spiro atoms. The van der Waals surface area contributed by atoms with E-state index in [9.17, 15) is 4.79 Å². The van der Waals surface area contributed by atoms with Crippen molar-refractivity contribution in [2.75, 3.05) is 4.90 Å². The first-order valence-corrected chi connectivity index (χ1v) is 5.74. The quantitative estimate of drug-likeness (QED) is 0.696. The van der Waals surface area contributed by atoms with Crippen molar-refractivity contribution in [3.63, 3.8) is 0 Å². The van der Waals surface area contributed by atoms with Gasteiger partial charge in [0.05, 0.1) is 11.4 Å². The van der Waals surface area contributed by atoms with Gasteiger partial charge < -0.3 is 0 Å². The average Bonchev–Trinajstić information content (AvgIpc) is 2.36. The third kappa shape index (κ3) is 1.32. The number of amides is 1. The summed E-state index contributed by atoms with van der Waals surface area (Å²) in [6.45, 7) is 0. The van der Waals surface area contributed by atoms with Crippen molar-refractivity contribution in [2.45, 2.75) is 9.79 Å². The Labute approximate surface area is 97.9 Å². The predicted molar refractivity (Wildman–Crippen MR) is 64.0 cm³/mol. The lowest BCUT2D eigenvalue weighted by molar-refractivity contribution is -0.106. The highest BCUT2D eigenvalue weighted by atomic mass is 32.2. The first-order valence-electron chi connectivity index (χ1n) is 4.92. The molecular formula is C13H8NOS. The number of rotatable bonds is 1. The molecule has 0 unspecified atom stereocenters. The minimum Gasteiger partial charge on any atom is -0.281 e. The third-order valence-corrected chi connectivity index (χ3v) is 3.60. The summed E-state index contributed by atoms with van der Waals surface area (Å²) in [6, 6.07) is 16.7. The van der Waals surface area contributed by atoms with Crippen LogP contribution < -0.4 is 4.90 Å². The summed E-state index contributed by atoms with van der Waals surface area (Å²) in [5, 5.41) is 0. The minimum absolute atomic E-state index is 0.834. The number of benzene rings is 2. The van der Waals surface area contributed by atoms with E-state index in [-0.39, 0.29) is 0 Å². The number of nitrogens with zero attached hydrogens (tertiary/aromatic N) is 1. The number of para-hydroxylation sites is 2. The van der Waals surface area contributed by atoms with Gasteiger partial charge in [-0.25, -0.2) is 0 Å². The monoisotopic (exact) mass is 226 g/mol. The Morgan fingerprint density at radius 2 is 1.94 bits per heavy atom. The van der Waals surface area contributed by atoms with Crippen LogP contribution >= 0.6 is 11.8 Å². The Morgan fingerprint density at radius 1 is 1.12 bits per heavy atom. The molecule has 2 aromatic carbocycles. The van der Waals surface area contributed by atoms with E-state index >= 15 is 0 Å². The topological polar surface area (TPSA) is 20.3 Å². The van der Waals surface area contributed by atoms with Crippen LogP contribution in [0, 0.1) is 6.07 Å². The summed E-state index contributed by atoms with van der Waals surface area (Å²) in [7, 11) is 0. The number of carbonyl (C=O) groups is 1. The molecule has 1 aliphatic heterocycles. The van der Waals surface area contributed by atoms with Crippen LogP contribution in [0.4, 0.5) is 11.4 Å². The molecular weight excluding hydrogens is 218 g/mol. The maximum absolute atomic E-state index is 11.2. The number of anilines is 2. The van der Waals surface area contributed by atoms with E-state index in [1.54, 1.807) is 16.7 Å². The van der Waals surface area contributed by atoms with Crippen LogP contribution in [-0.2, 0) is 4.79 Å². The van der Waals surface area contributed by atoms with E-state index in [2.05, 4.69) is 6.07 Å². The first-order chi connectivity index (χ1) is 7.90. The third-order valence-electron chi connectivity index (χ3n) is 2.49. The highest BCUT2D eigenvalue weighted by molar-refractivity contribution is 7.99. The second-order valence-corrected chi connectivity index (χ2v) is 4.51. The maximum atomic E-state index is 11.2. The van der Waals surface area contributed by atoms with E-state index in [1.165, 1.54) is 0 Å². The van der Waals surface area contributed by atoms with Crippen molar-refractivity contribution in [3.05, 3.63) is 48.5 Å². The molecule has 3 rings (SSSR count). The lowest BCUT2D eigenvalue weighted by Crippen LogP contribution is -2.18. The Morgan fingerprint density at radius 3 is 2.81 bits per heavy atom. The molecule has 1 aliphatic rings. The molecule has 0 saturated carbocycles. The first kappa shape index (κ1) is 9.48. The average molecular weight is 226 g/mol. The molecule has 77 valence electrons. The van der Waals surface area contributed by atoms with Crippen molar-refractivity contribution >= 4 is 29.5 Å². The van der Waals surface area contributed by atoms with Gasteiger partial charge in [0, 0.05) is 15.9 Å². The minimum atomic E-state index is 0.834. The number of carbonyl (C=O) groups excluding carboxylic acids is 1. The molecule has 0 bridgehead atoms. The van der Waals surface area contributed by atoms with Crippen LogP contribution in [0.3, 0.4) is 0 Å². The molecule has 0 atom stereocenters. The van der Waals surface area contributed by atoms with E-state index < -0.39 is 0 Å². The molecule has 1 radical (unpaired) electrons. The van der Waals surface area contributed by atoms with Crippen molar-refractivity contribution in [3.8, 4) is 0 Å². The van der Waals surface area contributed by atoms with Gasteiger partial charge in [-0.05, 0) is 18.2 Å². The maximum Gasteiger partial charge on any atom is 0.218 e. The molecule has 1 amide bonds. The summed E-state index contributed by atoms with van der Waals surface area (Å²) >= 11 is 1.67. The molecule has 0 saturated heterocycles. The lowest BCUT2D eigenvalue weighted by atomic mass is 10.2. The Balaban J connectivity index is 2.23. The second-order valence-electron chi connectivity index (χ2n) is 3.43. The van der Waals surface area contributed by atoms with Gasteiger partial charge in [0.2, 0.25) is 6.41 Å². The van der Waals surface area contributed by atoms with Crippen LogP contribution in [0.5, 0.6) is 0 Å². The van der Waals surface area contributed by atoms with Gasteiger partial charge in [-0.2, -0.15) is 0 Å². The predicted octanol–water partition coefficient (Wildman–Crippen LogP) is 3.25. The number of hydrogen-bond acceptors (Lipinski definition) is 2. The summed E-state index contributed by atoms with van der Waals surface area (Å²) < 4.78 is 0. The van der Waals surface area contributed by atoms with Gasteiger partial charge in [0.25, 0.3) is 0 Å². The SMILES string of the molecule is O=CN1c2[c]cccc2Sc2ccccc21. The van der Waals surface area contributed by atoms with E-state index in [0.717, 1.165) is 27.6 Å². The Bertz CT molecular complexity index is 508. The van der Waals surface area contributed by atoms with Gasteiger partial charge in [-0.3, -0.25) is 9.69 Å². The molecule has 0 aromatic heterocycles. The van der Waals surface area contributed by atoms with Crippen LogP contribution in [0.2, 0.25) is 0 Å². The molecule has 0 aliphatic carbocycles. The van der Waals surface area contributed by atoms with Gasteiger partial charge in [0.1, 0.15) is 0 Å². The molecule has 0 N–H and O–H groups in total. The highest BCUT2D eigenvalue weighted by Crippen LogP contribution is 2.46. The van der Waals surface area contributed by atoms with Crippen molar-refractivity contribution < 1.29 is 4.79 Å². The second kappa shape index (κ2) is 3.68. The molecule has 2 aromatic rings. The van der Waals surface area contributed by atoms with E-state index in [4.69, 9.17) is 0 Å². The van der Waals surface area contributed by atoms with Gasteiger partial charge >= 0.3 is 0 Å². The molecule has 3 heteroatoms. The van der Waals surface area contributed by atoms with E-state index in [1.807, 2.05) is 42.5 Å². The fraction of sp³-hybridized carbons (Fsp3) is 0. The fourth-order valence-corrected chi connectivity index (χ4v) is 2.83. The zero-order valence-corrected chi connectivity index (χ0v) is 9.20. The van der Waals surface area contributed by atoms with E-state index in [0.29, 0.717) is 0 Å². The van der Waals surface area contributed by atoms with Gasteiger partial charge in [0.15, 0.2) is 0 Å². The highest BCUT2D eigenvalue weighted by Gasteiger charge is 2.21. The van der Waals surface area contributed by atoms with Crippen molar-refractivity contribution in [2.24, 2.45) is 0 Å². The lowest BCUT2D eigenvalue weighted by Gasteiger charge is -2.27. The zero-order valence-electron chi connectivity index (χ0n) is 8.38. The summed E-state index contributed by atoms with van der Waals surface area (Å²) in [4.78, 5) is 15.0. The normalized spacial score (nSPS) is 12.9. The van der Waals surface area contributed by atoms with Crippen LogP contribution in [0.15, 0.2) is 52.3 Å². The summed E-state index contributed by atoms with van der Waals surface area (Å²) in [6.07, 6.45) is 0.841. The Kier molecular flexibility index (Phi) is 2.18. The summed E-state index contributed by atoms with van der Waals surface area (Å²) in [5.41, 5.74) is 1.76. The van der Waals surface area contributed by atoms with Gasteiger partial charge in [-0.15, -0.1) is 0 Å². The smallest absolute Gasteiger partial charge is 0.218 e. The van der Waals surface area contributed by atoms with Crippen molar-refractivity contribution in [1.82, 2.24) is 0 Å². The standard InChI is InChI=1S/C13H8NOS/c15-9-14-10-5-1-3-7-12(10)16-13-8-4-2-6-11(13)14/h1-5,7-9H. The largest absolute Gasteiger partial charge is 0.281 e. The molecule has 1 heterocycles.